The molecule has 1 aromatic carbocycles. The third-order valence-electron chi connectivity index (χ3n) is 2.59. The lowest BCUT2D eigenvalue weighted by Gasteiger charge is -2.21. The molecule has 86 valence electrons. The van der Waals surface area contributed by atoms with Gasteiger partial charge in [-0.25, -0.2) is 0 Å². The number of nitriles is 2. The summed E-state index contributed by atoms with van der Waals surface area (Å²) in [5.41, 5.74) is -0.702. The van der Waals surface area contributed by atoms with Gasteiger partial charge in [0.2, 0.25) is 0 Å². The molecule has 1 N–H and O–H groups in total. The summed E-state index contributed by atoms with van der Waals surface area (Å²) >= 11 is 0. The Bertz CT molecular complexity index is 508. The van der Waals surface area contributed by atoms with E-state index < -0.39 is 11.4 Å². The molecule has 0 aromatic heterocycles. The van der Waals surface area contributed by atoms with Crippen LogP contribution in [0.15, 0.2) is 41.9 Å². The van der Waals surface area contributed by atoms with Crippen LogP contribution in [0.5, 0.6) is 0 Å². The van der Waals surface area contributed by atoms with Crippen molar-refractivity contribution in [1.82, 2.24) is 0 Å². The highest BCUT2D eigenvalue weighted by atomic mass is 16.6. The Morgan fingerprint density at radius 1 is 1.29 bits per heavy atom. The topological polar surface area (TPSA) is 77.0 Å². The largest absolute Gasteiger partial charge is 0.480 e. The maximum atomic E-state index is 9.53. The van der Waals surface area contributed by atoms with Crippen LogP contribution in [0.2, 0.25) is 0 Å². The van der Waals surface area contributed by atoms with Gasteiger partial charge in [0.05, 0.1) is 13.2 Å². The summed E-state index contributed by atoms with van der Waals surface area (Å²) in [7, 11) is 1.25. The second kappa shape index (κ2) is 5.05. The predicted molar refractivity (Wildman–Crippen MR) is 61.7 cm³/mol. The number of aliphatic hydroxyl groups is 1. The van der Waals surface area contributed by atoms with Crippen molar-refractivity contribution in [2.45, 2.75) is 12.3 Å². The molecule has 0 radical (unpaired) electrons. The first-order chi connectivity index (χ1) is 8.10. The molecule has 17 heavy (non-hydrogen) atoms. The molecule has 0 fully saturated rings. The summed E-state index contributed by atoms with van der Waals surface area (Å²) in [4.78, 5) is 0. The zero-order valence-corrected chi connectivity index (χ0v) is 9.64. The van der Waals surface area contributed by atoms with E-state index in [2.05, 4.69) is 4.74 Å². The standard InChI is InChI=1S/C13H12N2O2/c1-13(9-15,10-6-4-3-5-7-10)11(8-14)12(16)17-2/h3-7,16H,1-2H3/b12-11-. The van der Waals surface area contributed by atoms with Crippen LogP contribution in [0.3, 0.4) is 0 Å². The van der Waals surface area contributed by atoms with Gasteiger partial charge in [-0.3, -0.25) is 0 Å². The summed E-state index contributed by atoms with van der Waals surface area (Å²) in [5.74, 6) is -0.527. The number of benzene rings is 1. The van der Waals surface area contributed by atoms with E-state index in [0.29, 0.717) is 5.56 Å². The molecule has 0 heterocycles. The molecule has 4 heteroatoms. The summed E-state index contributed by atoms with van der Waals surface area (Å²) in [6.45, 7) is 1.57. The second-order valence-electron chi connectivity index (χ2n) is 3.60. The third-order valence-corrected chi connectivity index (χ3v) is 2.59. The van der Waals surface area contributed by atoms with Gasteiger partial charge in [-0.2, -0.15) is 10.5 Å². The SMILES string of the molecule is CO/C(O)=C(/C#N)C(C)(C#N)c1ccccc1. The number of hydrogen-bond donors (Lipinski definition) is 1. The monoisotopic (exact) mass is 228 g/mol. The van der Waals surface area contributed by atoms with Crippen LogP contribution >= 0.6 is 0 Å². The summed E-state index contributed by atoms with van der Waals surface area (Å²) < 4.78 is 4.63. The molecule has 1 unspecified atom stereocenters. The smallest absolute Gasteiger partial charge is 0.292 e. The maximum absolute atomic E-state index is 9.53. The van der Waals surface area contributed by atoms with Gasteiger partial charge in [-0.05, 0) is 12.5 Å². The Balaban J connectivity index is 3.43. The summed E-state index contributed by atoms with van der Waals surface area (Å²) in [6.07, 6.45) is 0. The molecule has 0 bridgehead atoms. The minimum Gasteiger partial charge on any atom is -0.480 e. The molecular weight excluding hydrogens is 216 g/mol. The summed E-state index contributed by atoms with van der Waals surface area (Å²) in [5, 5.41) is 27.9. The molecular formula is C13H12N2O2. The van der Waals surface area contributed by atoms with Gasteiger partial charge in [0.1, 0.15) is 17.1 Å². The normalized spacial score (nSPS) is 14.8. The Labute approximate surface area is 100.0 Å². The van der Waals surface area contributed by atoms with Crippen molar-refractivity contribution in [3.05, 3.63) is 47.4 Å². The lowest BCUT2D eigenvalue weighted by atomic mass is 9.78. The van der Waals surface area contributed by atoms with Crippen LogP contribution in [0, 0.1) is 22.7 Å². The molecule has 1 atom stereocenters. The van der Waals surface area contributed by atoms with Gasteiger partial charge >= 0.3 is 0 Å². The average Bonchev–Trinajstić information content (AvgIpc) is 2.39. The Morgan fingerprint density at radius 3 is 2.29 bits per heavy atom. The highest BCUT2D eigenvalue weighted by molar-refractivity contribution is 5.48. The summed E-state index contributed by atoms with van der Waals surface area (Å²) in [6, 6.07) is 12.7. The van der Waals surface area contributed by atoms with Gasteiger partial charge < -0.3 is 9.84 Å². The second-order valence-corrected chi connectivity index (χ2v) is 3.60. The van der Waals surface area contributed by atoms with E-state index >= 15 is 0 Å². The Kier molecular flexibility index (Phi) is 3.74. The van der Waals surface area contributed by atoms with Crippen LogP contribution in [0.1, 0.15) is 12.5 Å². The minimum absolute atomic E-state index is 0.103. The van der Waals surface area contributed by atoms with Crippen molar-refractivity contribution in [1.29, 1.82) is 10.5 Å². The molecule has 0 aliphatic heterocycles. The van der Waals surface area contributed by atoms with E-state index in [-0.39, 0.29) is 5.57 Å². The van der Waals surface area contributed by atoms with Crippen molar-refractivity contribution in [3.63, 3.8) is 0 Å². The number of methoxy groups -OCH3 is 1. The van der Waals surface area contributed by atoms with Crippen LogP contribution in [0.4, 0.5) is 0 Å². The number of nitrogens with zero attached hydrogens (tertiary/aromatic N) is 2. The third kappa shape index (κ3) is 2.21. The number of rotatable bonds is 3. The van der Waals surface area contributed by atoms with E-state index in [4.69, 9.17) is 5.26 Å². The molecule has 0 aliphatic carbocycles. The van der Waals surface area contributed by atoms with E-state index in [1.54, 1.807) is 31.2 Å². The van der Waals surface area contributed by atoms with Crippen molar-refractivity contribution in [2.24, 2.45) is 0 Å². The fourth-order valence-electron chi connectivity index (χ4n) is 1.51. The van der Waals surface area contributed by atoms with Crippen LogP contribution in [-0.4, -0.2) is 12.2 Å². The number of aliphatic hydroxyl groups excluding tert-OH is 1. The molecule has 0 saturated carbocycles. The lowest BCUT2D eigenvalue weighted by molar-refractivity contribution is 0.129. The van der Waals surface area contributed by atoms with Gasteiger partial charge in [0.15, 0.2) is 0 Å². The fraction of sp³-hybridized carbons (Fsp3) is 0.231. The van der Waals surface area contributed by atoms with Crippen LogP contribution in [-0.2, 0) is 10.2 Å². The Hall–Kier alpha value is -2.46. The highest BCUT2D eigenvalue weighted by Crippen LogP contribution is 2.32. The molecule has 1 rings (SSSR count). The van der Waals surface area contributed by atoms with Crippen molar-refractivity contribution in [2.75, 3.05) is 7.11 Å². The molecule has 0 spiro atoms. The van der Waals surface area contributed by atoms with Crippen LogP contribution in [0.25, 0.3) is 0 Å². The number of allylic oxidation sites excluding steroid dienone is 1. The fourth-order valence-corrected chi connectivity index (χ4v) is 1.51. The molecule has 0 aliphatic rings. The number of ether oxygens (including phenoxy) is 1. The maximum Gasteiger partial charge on any atom is 0.292 e. The van der Waals surface area contributed by atoms with Crippen LogP contribution < -0.4 is 0 Å². The number of hydrogen-bond acceptors (Lipinski definition) is 4. The van der Waals surface area contributed by atoms with E-state index in [0.717, 1.165) is 0 Å². The zero-order valence-electron chi connectivity index (χ0n) is 9.64. The Morgan fingerprint density at radius 2 is 1.88 bits per heavy atom. The van der Waals surface area contributed by atoms with E-state index in [1.807, 2.05) is 18.2 Å². The lowest BCUT2D eigenvalue weighted by Crippen LogP contribution is -2.23. The van der Waals surface area contributed by atoms with Gasteiger partial charge in [0, 0.05) is 0 Å². The van der Waals surface area contributed by atoms with Crippen molar-refractivity contribution >= 4 is 0 Å². The first-order valence-corrected chi connectivity index (χ1v) is 4.94. The van der Waals surface area contributed by atoms with Crippen molar-refractivity contribution < 1.29 is 9.84 Å². The van der Waals surface area contributed by atoms with Gasteiger partial charge in [0.25, 0.3) is 5.95 Å². The van der Waals surface area contributed by atoms with E-state index in [9.17, 15) is 10.4 Å². The molecule has 0 amide bonds. The van der Waals surface area contributed by atoms with Gasteiger partial charge in [-0.15, -0.1) is 0 Å². The molecule has 4 nitrogen and oxygen atoms in total. The average molecular weight is 228 g/mol. The van der Waals surface area contributed by atoms with E-state index in [1.165, 1.54) is 7.11 Å². The highest BCUT2D eigenvalue weighted by Gasteiger charge is 2.35. The first-order valence-electron chi connectivity index (χ1n) is 4.94. The minimum atomic E-state index is -1.23. The predicted octanol–water partition coefficient (Wildman–Crippen LogP) is 2.41. The van der Waals surface area contributed by atoms with Gasteiger partial charge in [-0.1, -0.05) is 30.3 Å². The molecule has 0 saturated heterocycles. The first kappa shape index (κ1) is 12.6. The zero-order chi connectivity index (χ0) is 12.9. The quantitative estimate of drug-likeness (QED) is 0.636. The van der Waals surface area contributed by atoms with Crippen molar-refractivity contribution in [3.8, 4) is 12.1 Å². The molecule has 1 aromatic rings.